The van der Waals surface area contributed by atoms with Gasteiger partial charge >= 0.3 is 6.09 Å². The first-order valence-corrected chi connectivity index (χ1v) is 5.92. The molecule has 1 rings (SSSR count). The number of carbonyl (C=O) groups is 1. The molecule has 5 heteroatoms. The van der Waals surface area contributed by atoms with Crippen molar-refractivity contribution < 1.29 is 19.4 Å². The Bertz CT molecular complexity index is 342. The standard InChI is InChI=1S/C13H19NO4/c1-2-17-10-12(8-15)14-13(16)18-9-11-6-4-3-5-7-11/h3-7,12,15H,2,8-10H2,1H3,(H,14,16)/t12-/m0/s1. The number of alkyl carbamates (subject to hydrolysis) is 1. The molecule has 0 heterocycles. The van der Waals surface area contributed by atoms with Gasteiger partial charge in [-0.3, -0.25) is 0 Å². The number of hydrogen-bond acceptors (Lipinski definition) is 4. The van der Waals surface area contributed by atoms with Crippen molar-refractivity contribution in [2.45, 2.75) is 19.6 Å². The molecule has 0 aliphatic carbocycles. The molecular weight excluding hydrogens is 234 g/mol. The van der Waals surface area contributed by atoms with Gasteiger partial charge in [0.15, 0.2) is 0 Å². The molecule has 5 nitrogen and oxygen atoms in total. The van der Waals surface area contributed by atoms with Gasteiger partial charge in [0.2, 0.25) is 0 Å². The number of aliphatic hydroxyl groups is 1. The Hall–Kier alpha value is -1.59. The summed E-state index contributed by atoms with van der Waals surface area (Å²) in [5.74, 6) is 0. The third-order valence-corrected chi connectivity index (χ3v) is 2.28. The molecule has 1 atom stereocenters. The van der Waals surface area contributed by atoms with Crippen LogP contribution in [0.15, 0.2) is 30.3 Å². The summed E-state index contributed by atoms with van der Waals surface area (Å²) < 4.78 is 10.1. The number of nitrogens with one attached hydrogen (secondary N) is 1. The predicted molar refractivity (Wildman–Crippen MR) is 67.1 cm³/mol. The molecule has 0 aliphatic rings. The summed E-state index contributed by atoms with van der Waals surface area (Å²) >= 11 is 0. The molecule has 0 radical (unpaired) electrons. The molecule has 0 bridgehead atoms. The normalized spacial score (nSPS) is 11.9. The highest BCUT2D eigenvalue weighted by Gasteiger charge is 2.12. The summed E-state index contributed by atoms with van der Waals surface area (Å²) in [6, 6.07) is 8.96. The molecule has 100 valence electrons. The summed E-state index contributed by atoms with van der Waals surface area (Å²) in [5, 5.41) is 11.6. The third kappa shape index (κ3) is 5.65. The van der Waals surface area contributed by atoms with E-state index in [2.05, 4.69) is 5.32 Å². The molecule has 1 aromatic rings. The van der Waals surface area contributed by atoms with Gasteiger partial charge in [-0.25, -0.2) is 4.79 Å². The van der Waals surface area contributed by atoms with Crippen LogP contribution in [0.3, 0.4) is 0 Å². The van der Waals surface area contributed by atoms with Gasteiger partial charge in [-0.05, 0) is 12.5 Å². The van der Waals surface area contributed by atoms with E-state index in [1.54, 1.807) is 0 Å². The molecule has 1 amide bonds. The topological polar surface area (TPSA) is 67.8 Å². The average Bonchev–Trinajstić information content (AvgIpc) is 2.42. The van der Waals surface area contributed by atoms with Crippen LogP contribution in [0.2, 0.25) is 0 Å². The minimum atomic E-state index is -0.558. The van der Waals surface area contributed by atoms with Gasteiger partial charge in [0.05, 0.1) is 19.3 Å². The summed E-state index contributed by atoms with van der Waals surface area (Å²) in [7, 11) is 0. The van der Waals surface area contributed by atoms with Crippen LogP contribution in [0.25, 0.3) is 0 Å². The zero-order chi connectivity index (χ0) is 13.2. The van der Waals surface area contributed by atoms with Crippen molar-refractivity contribution in [3.63, 3.8) is 0 Å². The number of rotatable bonds is 7. The van der Waals surface area contributed by atoms with Gasteiger partial charge in [-0.15, -0.1) is 0 Å². The SMILES string of the molecule is CCOC[C@H](CO)NC(=O)OCc1ccccc1. The van der Waals surface area contributed by atoms with Crippen LogP contribution >= 0.6 is 0 Å². The summed E-state index contributed by atoms with van der Waals surface area (Å²) in [5.41, 5.74) is 0.915. The number of amides is 1. The molecule has 0 aliphatic heterocycles. The number of ether oxygens (including phenoxy) is 2. The van der Waals surface area contributed by atoms with Gasteiger partial charge in [0.1, 0.15) is 6.61 Å². The van der Waals surface area contributed by atoms with Gasteiger partial charge in [-0.2, -0.15) is 0 Å². The molecule has 0 spiro atoms. The largest absolute Gasteiger partial charge is 0.445 e. The molecular formula is C13H19NO4. The van der Waals surface area contributed by atoms with Gasteiger partial charge in [0.25, 0.3) is 0 Å². The predicted octanol–water partition coefficient (Wildman–Crippen LogP) is 1.31. The maximum Gasteiger partial charge on any atom is 0.407 e. The van der Waals surface area contributed by atoms with Crippen LogP contribution < -0.4 is 5.32 Å². The van der Waals surface area contributed by atoms with Crippen molar-refractivity contribution in [3.05, 3.63) is 35.9 Å². The second-order valence-electron chi connectivity index (χ2n) is 3.75. The molecule has 2 N–H and O–H groups in total. The molecule has 0 aromatic heterocycles. The van der Waals surface area contributed by atoms with E-state index in [0.717, 1.165) is 5.56 Å². The fourth-order valence-electron chi connectivity index (χ4n) is 1.33. The lowest BCUT2D eigenvalue weighted by molar-refractivity contribution is 0.0850. The van der Waals surface area contributed by atoms with Crippen molar-refractivity contribution in [2.24, 2.45) is 0 Å². The van der Waals surface area contributed by atoms with Crippen LogP contribution in [0.4, 0.5) is 4.79 Å². The minimum absolute atomic E-state index is 0.180. The summed E-state index contributed by atoms with van der Waals surface area (Å²) in [4.78, 5) is 11.4. The number of carbonyl (C=O) groups excluding carboxylic acids is 1. The van der Waals surface area contributed by atoms with Crippen LogP contribution in [-0.2, 0) is 16.1 Å². The third-order valence-electron chi connectivity index (χ3n) is 2.28. The highest BCUT2D eigenvalue weighted by Crippen LogP contribution is 2.00. The molecule has 0 saturated carbocycles. The van der Waals surface area contributed by atoms with Crippen LogP contribution in [-0.4, -0.2) is 37.1 Å². The Morgan fingerprint density at radius 1 is 1.39 bits per heavy atom. The Kier molecular flexibility index (Phi) is 6.83. The second kappa shape index (κ2) is 8.49. The zero-order valence-electron chi connectivity index (χ0n) is 10.5. The maximum absolute atomic E-state index is 11.4. The lowest BCUT2D eigenvalue weighted by atomic mass is 10.2. The fraction of sp³-hybridized carbons (Fsp3) is 0.462. The van der Waals surface area contributed by atoms with Crippen molar-refractivity contribution in [1.82, 2.24) is 5.32 Å². The van der Waals surface area contributed by atoms with E-state index >= 15 is 0 Å². The zero-order valence-corrected chi connectivity index (χ0v) is 10.5. The maximum atomic E-state index is 11.4. The van der Waals surface area contributed by atoms with Gasteiger partial charge in [0, 0.05) is 6.61 Å². The van der Waals surface area contributed by atoms with Crippen molar-refractivity contribution >= 4 is 6.09 Å². The highest BCUT2D eigenvalue weighted by molar-refractivity contribution is 5.67. The highest BCUT2D eigenvalue weighted by atomic mass is 16.5. The number of hydrogen-bond donors (Lipinski definition) is 2. The van der Waals surface area contributed by atoms with E-state index in [1.807, 2.05) is 37.3 Å². The van der Waals surface area contributed by atoms with E-state index < -0.39 is 12.1 Å². The Morgan fingerprint density at radius 3 is 2.72 bits per heavy atom. The lowest BCUT2D eigenvalue weighted by Crippen LogP contribution is -2.41. The molecule has 0 fully saturated rings. The smallest absolute Gasteiger partial charge is 0.407 e. The quantitative estimate of drug-likeness (QED) is 0.769. The summed E-state index contributed by atoms with van der Waals surface area (Å²) in [6.07, 6.45) is -0.558. The van der Waals surface area contributed by atoms with E-state index in [1.165, 1.54) is 0 Å². The van der Waals surface area contributed by atoms with Crippen LogP contribution in [0.1, 0.15) is 12.5 Å². The van der Waals surface area contributed by atoms with Gasteiger partial charge < -0.3 is 19.9 Å². The van der Waals surface area contributed by atoms with E-state index in [-0.39, 0.29) is 19.8 Å². The van der Waals surface area contributed by atoms with Crippen molar-refractivity contribution in [3.8, 4) is 0 Å². The Morgan fingerprint density at radius 2 is 2.11 bits per heavy atom. The second-order valence-corrected chi connectivity index (χ2v) is 3.75. The van der Waals surface area contributed by atoms with Crippen molar-refractivity contribution in [1.29, 1.82) is 0 Å². The molecule has 0 unspecified atom stereocenters. The number of benzene rings is 1. The molecule has 0 saturated heterocycles. The van der Waals surface area contributed by atoms with E-state index in [0.29, 0.717) is 6.61 Å². The van der Waals surface area contributed by atoms with E-state index in [4.69, 9.17) is 14.6 Å². The lowest BCUT2D eigenvalue weighted by Gasteiger charge is -2.15. The minimum Gasteiger partial charge on any atom is -0.445 e. The molecule has 18 heavy (non-hydrogen) atoms. The monoisotopic (exact) mass is 253 g/mol. The van der Waals surface area contributed by atoms with Crippen LogP contribution in [0, 0.1) is 0 Å². The van der Waals surface area contributed by atoms with E-state index in [9.17, 15) is 4.79 Å². The summed E-state index contributed by atoms with van der Waals surface area (Å²) in [6.45, 7) is 2.69. The average molecular weight is 253 g/mol. The first-order valence-electron chi connectivity index (χ1n) is 5.92. The Balaban J connectivity index is 2.28. The Labute approximate surface area is 107 Å². The first kappa shape index (κ1) is 14.5. The number of aliphatic hydroxyl groups excluding tert-OH is 1. The first-order chi connectivity index (χ1) is 8.76. The molecule has 1 aromatic carbocycles. The fourth-order valence-corrected chi connectivity index (χ4v) is 1.33. The van der Waals surface area contributed by atoms with Crippen molar-refractivity contribution in [2.75, 3.05) is 19.8 Å². The van der Waals surface area contributed by atoms with Gasteiger partial charge in [-0.1, -0.05) is 30.3 Å². The van der Waals surface area contributed by atoms with Crippen LogP contribution in [0.5, 0.6) is 0 Å².